The Balaban J connectivity index is 2.10. The largest absolute Gasteiger partial charge is 0.352 e. The molecule has 0 aliphatic rings. The molecule has 3 rings (SSSR count). The van der Waals surface area contributed by atoms with Crippen molar-refractivity contribution in [2.75, 3.05) is 10.8 Å². The lowest BCUT2D eigenvalue weighted by Gasteiger charge is -2.34. The van der Waals surface area contributed by atoms with Crippen LogP contribution in [0.1, 0.15) is 55.9 Å². The number of benzene rings is 3. The fraction of sp³-hybridized carbons (Fsp3) is 0.375. The third kappa shape index (κ3) is 8.11. The van der Waals surface area contributed by atoms with Gasteiger partial charge < -0.3 is 10.2 Å². The Morgan fingerprint density at radius 2 is 1.49 bits per heavy atom. The SMILES string of the molecule is CC[C@H](C)NC(=O)[C@H](CC)N(Cc1ccc(Cl)cc1)C(=O)CN(c1cc(C)ccc1C)S(=O)(=O)c1ccc(C)cc1. The van der Waals surface area contributed by atoms with Crippen LogP contribution in [-0.4, -0.2) is 43.8 Å². The zero-order chi connectivity index (χ0) is 30.3. The molecule has 3 aromatic carbocycles. The average Bonchev–Trinajstić information content (AvgIpc) is 2.94. The predicted molar refractivity (Wildman–Crippen MR) is 166 cm³/mol. The third-order valence-electron chi connectivity index (χ3n) is 7.17. The first-order chi connectivity index (χ1) is 19.4. The van der Waals surface area contributed by atoms with E-state index in [4.69, 9.17) is 11.6 Å². The highest BCUT2D eigenvalue weighted by Crippen LogP contribution is 2.29. The lowest BCUT2D eigenvalue weighted by Crippen LogP contribution is -2.53. The van der Waals surface area contributed by atoms with Gasteiger partial charge in [0.15, 0.2) is 0 Å². The van der Waals surface area contributed by atoms with Crippen molar-refractivity contribution in [1.29, 1.82) is 0 Å². The number of carbonyl (C=O) groups is 2. The van der Waals surface area contributed by atoms with Gasteiger partial charge in [0.05, 0.1) is 10.6 Å². The summed E-state index contributed by atoms with van der Waals surface area (Å²) in [6, 6.07) is 18.3. The molecule has 0 bridgehead atoms. The molecule has 0 aliphatic carbocycles. The molecule has 0 heterocycles. The van der Waals surface area contributed by atoms with E-state index in [9.17, 15) is 18.0 Å². The van der Waals surface area contributed by atoms with Gasteiger partial charge in [-0.1, -0.05) is 67.4 Å². The Bertz CT molecular complexity index is 1460. The normalized spacial score (nSPS) is 12.9. The second-order valence-corrected chi connectivity index (χ2v) is 12.8. The van der Waals surface area contributed by atoms with Crippen LogP contribution in [0.3, 0.4) is 0 Å². The van der Waals surface area contributed by atoms with Crippen molar-refractivity contribution in [3.63, 3.8) is 0 Å². The molecule has 41 heavy (non-hydrogen) atoms. The minimum Gasteiger partial charge on any atom is -0.352 e. The van der Waals surface area contributed by atoms with E-state index in [0.29, 0.717) is 22.7 Å². The minimum atomic E-state index is -4.12. The summed E-state index contributed by atoms with van der Waals surface area (Å²) in [5.41, 5.74) is 3.69. The Labute approximate surface area is 249 Å². The van der Waals surface area contributed by atoms with Gasteiger partial charge >= 0.3 is 0 Å². The Kier molecular flexibility index (Phi) is 11.0. The number of amides is 2. The first-order valence-electron chi connectivity index (χ1n) is 13.9. The summed E-state index contributed by atoms with van der Waals surface area (Å²) in [6.07, 6.45) is 1.10. The number of sulfonamides is 1. The van der Waals surface area contributed by atoms with Crippen LogP contribution in [0.5, 0.6) is 0 Å². The molecule has 0 fully saturated rings. The van der Waals surface area contributed by atoms with Crippen molar-refractivity contribution in [3.8, 4) is 0 Å². The van der Waals surface area contributed by atoms with E-state index in [-0.39, 0.29) is 23.4 Å². The van der Waals surface area contributed by atoms with E-state index in [2.05, 4.69) is 5.32 Å². The summed E-state index contributed by atoms with van der Waals surface area (Å²) in [5, 5.41) is 3.54. The zero-order valence-electron chi connectivity index (χ0n) is 24.6. The first kappa shape index (κ1) is 32.2. The van der Waals surface area contributed by atoms with Crippen LogP contribution in [0.4, 0.5) is 5.69 Å². The Morgan fingerprint density at radius 3 is 2.07 bits per heavy atom. The van der Waals surface area contributed by atoms with E-state index in [0.717, 1.165) is 27.4 Å². The predicted octanol–water partition coefficient (Wildman–Crippen LogP) is 6.18. The molecular weight excluding hydrogens is 558 g/mol. The fourth-order valence-electron chi connectivity index (χ4n) is 4.49. The van der Waals surface area contributed by atoms with Crippen LogP contribution in [-0.2, 0) is 26.2 Å². The van der Waals surface area contributed by atoms with Crippen LogP contribution in [0.15, 0.2) is 71.6 Å². The summed E-state index contributed by atoms with van der Waals surface area (Å²) < 4.78 is 29.3. The third-order valence-corrected chi connectivity index (χ3v) is 9.20. The highest BCUT2D eigenvalue weighted by atomic mass is 35.5. The van der Waals surface area contributed by atoms with E-state index in [1.807, 2.05) is 53.7 Å². The number of hydrogen-bond acceptors (Lipinski definition) is 4. The number of nitrogens with one attached hydrogen (secondary N) is 1. The van der Waals surface area contributed by atoms with Crippen LogP contribution in [0, 0.1) is 20.8 Å². The lowest BCUT2D eigenvalue weighted by atomic mass is 10.1. The quantitative estimate of drug-likeness (QED) is 0.270. The van der Waals surface area contributed by atoms with Crippen LogP contribution < -0.4 is 9.62 Å². The van der Waals surface area contributed by atoms with E-state index >= 15 is 0 Å². The Hall–Kier alpha value is -3.36. The van der Waals surface area contributed by atoms with Crippen molar-refractivity contribution >= 4 is 39.1 Å². The zero-order valence-corrected chi connectivity index (χ0v) is 26.2. The number of rotatable bonds is 12. The van der Waals surface area contributed by atoms with Gasteiger partial charge in [-0.3, -0.25) is 13.9 Å². The number of aryl methyl sites for hydroxylation is 3. The lowest BCUT2D eigenvalue weighted by molar-refractivity contribution is -0.140. The number of carbonyl (C=O) groups excluding carboxylic acids is 2. The molecule has 7 nitrogen and oxygen atoms in total. The molecule has 0 radical (unpaired) electrons. The van der Waals surface area contributed by atoms with Gasteiger partial charge in [-0.25, -0.2) is 8.42 Å². The van der Waals surface area contributed by atoms with Gasteiger partial charge in [-0.05, 0) is 87.6 Å². The smallest absolute Gasteiger partial charge is 0.264 e. The van der Waals surface area contributed by atoms with E-state index in [1.54, 1.807) is 54.6 Å². The molecule has 3 aromatic rings. The van der Waals surface area contributed by atoms with Crippen molar-refractivity contribution in [1.82, 2.24) is 10.2 Å². The highest BCUT2D eigenvalue weighted by Gasteiger charge is 2.34. The average molecular weight is 598 g/mol. The second kappa shape index (κ2) is 14.0. The number of halogens is 1. The summed E-state index contributed by atoms with van der Waals surface area (Å²) in [5.74, 6) is -0.758. The highest BCUT2D eigenvalue weighted by molar-refractivity contribution is 7.92. The van der Waals surface area contributed by atoms with Crippen LogP contribution >= 0.6 is 11.6 Å². The summed E-state index contributed by atoms with van der Waals surface area (Å²) in [6.45, 7) is 10.9. The van der Waals surface area contributed by atoms with Crippen LogP contribution in [0.25, 0.3) is 0 Å². The van der Waals surface area contributed by atoms with Gasteiger partial charge in [0.2, 0.25) is 11.8 Å². The molecule has 220 valence electrons. The molecular formula is C32H40ClN3O4S. The van der Waals surface area contributed by atoms with Gasteiger partial charge in [-0.2, -0.15) is 0 Å². The first-order valence-corrected chi connectivity index (χ1v) is 15.7. The molecule has 9 heteroatoms. The maximum absolute atomic E-state index is 14.2. The summed E-state index contributed by atoms with van der Waals surface area (Å²) in [4.78, 5) is 29.1. The topological polar surface area (TPSA) is 86.8 Å². The molecule has 2 amide bonds. The second-order valence-electron chi connectivity index (χ2n) is 10.5. The maximum atomic E-state index is 14.2. The maximum Gasteiger partial charge on any atom is 0.264 e. The Morgan fingerprint density at radius 1 is 0.878 bits per heavy atom. The number of hydrogen-bond donors (Lipinski definition) is 1. The molecule has 0 aromatic heterocycles. The van der Waals surface area contributed by atoms with Gasteiger partial charge in [-0.15, -0.1) is 0 Å². The van der Waals surface area contributed by atoms with Crippen molar-refractivity contribution in [2.24, 2.45) is 0 Å². The molecule has 0 spiro atoms. The minimum absolute atomic E-state index is 0.0719. The number of anilines is 1. The molecule has 1 N–H and O–H groups in total. The summed E-state index contributed by atoms with van der Waals surface area (Å²) >= 11 is 6.09. The van der Waals surface area contributed by atoms with Crippen molar-refractivity contribution in [2.45, 2.75) is 77.9 Å². The molecule has 2 atom stereocenters. The number of nitrogens with zero attached hydrogens (tertiary/aromatic N) is 2. The molecule has 0 unspecified atom stereocenters. The monoisotopic (exact) mass is 597 g/mol. The van der Waals surface area contributed by atoms with Crippen molar-refractivity contribution < 1.29 is 18.0 Å². The molecule has 0 aliphatic heterocycles. The van der Waals surface area contributed by atoms with E-state index in [1.165, 1.54) is 4.90 Å². The molecule has 0 saturated heterocycles. The van der Waals surface area contributed by atoms with Gasteiger partial charge in [0.1, 0.15) is 12.6 Å². The fourth-order valence-corrected chi connectivity index (χ4v) is 6.08. The van der Waals surface area contributed by atoms with Gasteiger partial charge in [0.25, 0.3) is 10.0 Å². The van der Waals surface area contributed by atoms with Crippen LogP contribution in [0.2, 0.25) is 5.02 Å². The van der Waals surface area contributed by atoms with Crippen molar-refractivity contribution in [3.05, 3.63) is 94.0 Å². The van der Waals surface area contributed by atoms with Gasteiger partial charge in [0, 0.05) is 17.6 Å². The molecule has 0 saturated carbocycles. The summed E-state index contributed by atoms with van der Waals surface area (Å²) in [7, 11) is -4.12. The van der Waals surface area contributed by atoms with E-state index < -0.39 is 28.5 Å². The standard InChI is InChI=1S/C32H40ClN3O4S/c1-7-25(6)34-32(38)29(8-2)35(20-26-13-15-27(33)16-14-26)31(37)21-36(30-19-23(4)9-12-24(30)5)41(39,40)28-17-10-22(3)11-18-28/h9-19,25,29H,7-8,20-21H2,1-6H3,(H,34,38)/t25-,29-/m0/s1.